The molecule has 0 fully saturated rings. The van der Waals surface area contributed by atoms with Gasteiger partial charge in [0.1, 0.15) is 11.0 Å². The topological polar surface area (TPSA) is 44.1 Å². The van der Waals surface area contributed by atoms with Crippen LogP contribution in [0.1, 0.15) is 13.3 Å². The van der Waals surface area contributed by atoms with Crippen LogP contribution in [0.3, 0.4) is 0 Å². The molecule has 0 aliphatic carbocycles. The molecule has 80 valence electrons. The third kappa shape index (κ3) is 1.82. The highest BCUT2D eigenvalue weighted by molar-refractivity contribution is 8.03. The molecule has 1 aromatic carbocycles. The van der Waals surface area contributed by atoms with Crippen molar-refractivity contribution < 1.29 is 4.79 Å². The lowest BCUT2D eigenvalue weighted by molar-refractivity contribution is -0.117. The molecule has 0 atom stereocenters. The summed E-state index contributed by atoms with van der Waals surface area (Å²) < 4.78 is 0. The maximum atomic E-state index is 11.8. The summed E-state index contributed by atoms with van der Waals surface area (Å²) in [6, 6.07) is 9.68. The number of amides is 1. The van der Waals surface area contributed by atoms with Gasteiger partial charge in [0.2, 0.25) is 5.91 Å². The van der Waals surface area contributed by atoms with Gasteiger partial charge in [0.25, 0.3) is 0 Å². The molecule has 0 bridgehead atoms. The summed E-state index contributed by atoms with van der Waals surface area (Å²) in [5.74, 6) is 0.000463. The number of allylic oxidation sites excluding steroid dienone is 1. The highest BCUT2D eigenvalue weighted by Gasteiger charge is 2.21. The van der Waals surface area contributed by atoms with Gasteiger partial charge in [-0.25, -0.2) is 0 Å². The van der Waals surface area contributed by atoms with Gasteiger partial charge in [0.15, 0.2) is 0 Å². The molecule has 0 unspecified atom stereocenters. The standard InChI is InChI=1S/C12H10N2OS/c1-2-12(15)14-8-9(7-13)16-11-6-4-3-5-10(11)14/h3-6,8H,2H2,1H3. The van der Waals surface area contributed by atoms with Crippen LogP contribution in [0.25, 0.3) is 0 Å². The zero-order chi connectivity index (χ0) is 11.5. The number of rotatable bonds is 1. The largest absolute Gasteiger partial charge is 0.285 e. The summed E-state index contributed by atoms with van der Waals surface area (Å²) in [7, 11) is 0. The van der Waals surface area contributed by atoms with Gasteiger partial charge in [-0.05, 0) is 12.1 Å². The van der Waals surface area contributed by atoms with E-state index in [1.54, 1.807) is 11.1 Å². The Kier molecular flexibility index (Phi) is 2.97. The van der Waals surface area contributed by atoms with Crippen molar-refractivity contribution in [2.24, 2.45) is 0 Å². The van der Waals surface area contributed by atoms with Crippen molar-refractivity contribution in [3.05, 3.63) is 35.4 Å². The van der Waals surface area contributed by atoms with Crippen LogP contribution in [-0.4, -0.2) is 5.91 Å². The second-order valence-corrected chi connectivity index (χ2v) is 4.38. The van der Waals surface area contributed by atoms with Crippen LogP contribution in [0.5, 0.6) is 0 Å². The average Bonchev–Trinajstić information content (AvgIpc) is 2.36. The summed E-state index contributed by atoms with van der Waals surface area (Å²) in [6.45, 7) is 1.81. The molecule has 1 aliphatic rings. The number of nitrogens with zero attached hydrogens (tertiary/aromatic N) is 2. The quantitative estimate of drug-likeness (QED) is 0.745. The fourth-order valence-electron chi connectivity index (χ4n) is 1.50. The van der Waals surface area contributed by atoms with E-state index in [0.717, 1.165) is 10.6 Å². The van der Waals surface area contributed by atoms with Crippen LogP contribution in [0.15, 0.2) is 40.3 Å². The maximum absolute atomic E-state index is 11.8. The number of anilines is 1. The molecular formula is C12H10N2OS. The molecule has 2 rings (SSSR count). The van der Waals surface area contributed by atoms with E-state index in [4.69, 9.17) is 5.26 Å². The highest BCUT2D eigenvalue weighted by atomic mass is 32.2. The lowest BCUT2D eigenvalue weighted by Crippen LogP contribution is -2.26. The number of carbonyl (C=O) groups is 1. The molecule has 0 N–H and O–H groups in total. The van der Waals surface area contributed by atoms with Gasteiger partial charge in [0, 0.05) is 17.5 Å². The van der Waals surface area contributed by atoms with Gasteiger partial charge in [-0.2, -0.15) is 5.26 Å². The molecule has 1 heterocycles. The average molecular weight is 230 g/mol. The highest BCUT2D eigenvalue weighted by Crippen LogP contribution is 2.39. The van der Waals surface area contributed by atoms with Crippen LogP contribution in [0.4, 0.5) is 5.69 Å². The van der Waals surface area contributed by atoms with Crippen molar-refractivity contribution in [1.29, 1.82) is 5.26 Å². The van der Waals surface area contributed by atoms with Crippen LogP contribution in [0.2, 0.25) is 0 Å². The van der Waals surface area contributed by atoms with Crippen molar-refractivity contribution in [3.63, 3.8) is 0 Å². The number of benzene rings is 1. The Labute approximate surface area is 98.4 Å². The second kappa shape index (κ2) is 4.42. The van der Waals surface area contributed by atoms with E-state index >= 15 is 0 Å². The van der Waals surface area contributed by atoms with Gasteiger partial charge in [-0.1, -0.05) is 30.8 Å². The molecular weight excluding hydrogens is 220 g/mol. The lowest BCUT2D eigenvalue weighted by Gasteiger charge is -2.24. The Bertz CT molecular complexity index is 502. The first-order valence-electron chi connectivity index (χ1n) is 4.97. The monoisotopic (exact) mass is 230 g/mol. The van der Waals surface area contributed by atoms with Crippen molar-refractivity contribution in [3.8, 4) is 6.07 Å². The number of para-hydroxylation sites is 1. The molecule has 1 aliphatic heterocycles. The van der Waals surface area contributed by atoms with E-state index in [-0.39, 0.29) is 5.91 Å². The van der Waals surface area contributed by atoms with E-state index in [2.05, 4.69) is 6.07 Å². The Balaban J connectivity index is 2.48. The predicted octanol–water partition coefficient (Wildman–Crippen LogP) is 2.90. The molecule has 0 saturated carbocycles. The zero-order valence-electron chi connectivity index (χ0n) is 8.80. The van der Waals surface area contributed by atoms with E-state index in [1.165, 1.54) is 11.8 Å². The van der Waals surface area contributed by atoms with Gasteiger partial charge < -0.3 is 0 Å². The molecule has 3 nitrogen and oxygen atoms in total. The van der Waals surface area contributed by atoms with Crippen LogP contribution in [-0.2, 0) is 4.79 Å². The first-order valence-corrected chi connectivity index (χ1v) is 5.78. The maximum Gasteiger partial charge on any atom is 0.230 e. The minimum Gasteiger partial charge on any atom is -0.285 e. The Morgan fingerprint density at radius 3 is 2.94 bits per heavy atom. The third-order valence-electron chi connectivity index (χ3n) is 2.27. The van der Waals surface area contributed by atoms with E-state index in [0.29, 0.717) is 11.3 Å². The Hall–Kier alpha value is -1.73. The minimum absolute atomic E-state index is 0.000463. The molecule has 4 heteroatoms. The number of nitriles is 1. The summed E-state index contributed by atoms with van der Waals surface area (Å²) in [5, 5.41) is 8.91. The molecule has 0 spiro atoms. The fraction of sp³-hybridized carbons (Fsp3) is 0.167. The predicted molar refractivity (Wildman–Crippen MR) is 63.8 cm³/mol. The Morgan fingerprint density at radius 1 is 1.50 bits per heavy atom. The fourth-order valence-corrected chi connectivity index (χ4v) is 2.36. The molecule has 0 saturated heterocycles. The van der Waals surface area contributed by atoms with Crippen LogP contribution >= 0.6 is 11.8 Å². The van der Waals surface area contributed by atoms with E-state index in [9.17, 15) is 4.79 Å². The lowest BCUT2D eigenvalue weighted by atomic mass is 10.2. The van der Waals surface area contributed by atoms with E-state index in [1.807, 2.05) is 31.2 Å². The van der Waals surface area contributed by atoms with Crippen LogP contribution < -0.4 is 4.90 Å². The number of hydrogen-bond donors (Lipinski definition) is 0. The summed E-state index contributed by atoms with van der Waals surface area (Å²) in [5.41, 5.74) is 0.860. The van der Waals surface area contributed by atoms with Crippen molar-refractivity contribution >= 4 is 23.4 Å². The number of hydrogen-bond acceptors (Lipinski definition) is 3. The van der Waals surface area contributed by atoms with Crippen molar-refractivity contribution in [2.45, 2.75) is 18.2 Å². The summed E-state index contributed by atoms with van der Waals surface area (Å²) in [4.78, 5) is 14.8. The third-order valence-corrected chi connectivity index (χ3v) is 3.25. The molecule has 1 aromatic rings. The molecule has 1 amide bonds. The molecule has 0 aromatic heterocycles. The van der Waals surface area contributed by atoms with Crippen molar-refractivity contribution in [1.82, 2.24) is 0 Å². The van der Waals surface area contributed by atoms with Crippen LogP contribution in [0, 0.1) is 11.3 Å². The Morgan fingerprint density at radius 2 is 2.25 bits per heavy atom. The number of fused-ring (bicyclic) bond motifs is 1. The smallest absolute Gasteiger partial charge is 0.230 e. The normalized spacial score (nSPS) is 13.8. The molecule has 0 radical (unpaired) electrons. The zero-order valence-corrected chi connectivity index (χ0v) is 9.62. The van der Waals surface area contributed by atoms with Gasteiger partial charge in [-0.15, -0.1) is 0 Å². The number of carbonyl (C=O) groups excluding carboxylic acids is 1. The van der Waals surface area contributed by atoms with E-state index < -0.39 is 0 Å². The SMILES string of the molecule is CCC(=O)N1C=C(C#N)Sc2ccccc21. The second-order valence-electron chi connectivity index (χ2n) is 3.29. The number of thioether (sulfide) groups is 1. The van der Waals surface area contributed by atoms with Gasteiger partial charge in [-0.3, -0.25) is 9.69 Å². The molecule has 16 heavy (non-hydrogen) atoms. The first kappa shape index (κ1) is 10.8. The van der Waals surface area contributed by atoms with Gasteiger partial charge in [0.05, 0.1) is 5.69 Å². The first-order chi connectivity index (χ1) is 7.76. The minimum atomic E-state index is 0.000463. The summed E-state index contributed by atoms with van der Waals surface area (Å²) in [6.07, 6.45) is 2.03. The summed E-state index contributed by atoms with van der Waals surface area (Å²) >= 11 is 1.39. The van der Waals surface area contributed by atoms with Crippen molar-refractivity contribution in [2.75, 3.05) is 4.90 Å². The van der Waals surface area contributed by atoms with Gasteiger partial charge >= 0.3 is 0 Å².